The number of pyridine rings is 1. The van der Waals surface area contributed by atoms with E-state index in [1.54, 1.807) is 24.4 Å². The van der Waals surface area contributed by atoms with Gasteiger partial charge in [0, 0.05) is 12.2 Å². The van der Waals surface area contributed by atoms with E-state index in [9.17, 15) is 8.78 Å². The first-order valence-corrected chi connectivity index (χ1v) is 6.86. The molecule has 0 radical (unpaired) electrons. The zero-order chi connectivity index (χ0) is 15.2. The fourth-order valence-corrected chi connectivity index (χ4v) is 1.94. The quantitative estimate of drug-likeness (QED) is 0.889. The van der Waals surface area contributed by atoms with Crippen LogP contribution in [-0.2, 0) is 13.0 Å². The van der Waals surface area contributed by atoms with Crippen molar-refractivity contribution < 1.29 is 13.5 Å². The summed E-state index contributed by atoms with van der Waals surface area (Å²) in [7, 11) is 0. The largest absolute Gasteiger partial charge is 0.481 e. The molecular weight excluding hydrogens is 274 g/mol. The zero-order valence-corrected chi connectivity index (χ0v) is 11.9. The molecule has 1 heterocycles. The Labute approximate surface area is 122 Å². The molecule has 0 bridgehead atoms. The third-order valence-corrected chi connectivity index (χ3v) is 3.17. The highest BCUT2D eigenvalue weighted by molar-refractivity contribution is 5.32. The van der Waals surface area contributed by atoms with Crippen molar-refractivity contribution in [3.8, 4) is 5.75 Å². The Morgan fingerprint density at radius 3 is 2.52 bits per heavy atom. The van der Waals surface area contributed by atoms with E-state index in [1.165, 1.54) is 12.1 Å². The van der Waals surface area contributed by atoms with Gasteiger partial charge in [0.15, 0.2) is 17.4 Å². The normalized spacial score (nSPS) is 12.2. The molecule has 0 spiro atoms. The highest BCUT2D eigenvalue weighted by Crippen LogP contribution is 2.24. The number of nitrogens with two attached hydrogens (primary N) is 1. The van der Waals surface area contributed by atoms with Gasteiger partial charge in [-0.2, -0.15) is 0 Å². The van der Waals surface area contributed by atoms with Crippen molar-refractivity contribution >= 4 is 0 Å². The molecule has 0 saturated carbocycles. The van der Waals surface area contributed by atoms with Gasteiger partial charge in [-0.05, 0) is 42.7 Å². The molecule has 112 valence electrons. The summed E-state index contributed by atoms with van der Waals surface area (Å²) in [6.07, 6.45) is 2.78. The van der Waals surface area contributed by atoms with Crippen LogP contribution in [0.5, 0.6) is 5.75 Å². The first-order chi connectivity index (χ1) is 10.1. The summed E-state index contributed by atoms with van der Waals surface area (Å²) < 4.78 is 33.1. The molecule has 5 heteroatoms. The molecule has 1 aromatic carbocycles. The molecule has 1 aromatic heterocycles. The van der Waals surface area contributed by atoms with Crippen molar-refractivity contribution in [3.63, 3.8) is 0 Å². The van der Waals surface area contributed by atoms with Crippen LogP contribution in [0.4, 0.5) is 8.78 Å². The molecular formula is C16H18F2N2O. The van der Waals surface area contributed by atoms with Gasteiger partial charge in [-0.3, -0.25) is 4.98 Å². The summed E-state index contributed by atoms with van der Waals surface area (Å²) in [5, 5.41) is 0. The van der Waals surface area contributed by atoms with Crippen LogP contribution < -0.4 is 10.5 Å². The molecule has 0 fully saturated rings. The van der Waals surface area contributed by atoms with Gasteiger partial charge >= 0.3 is 0 Å². The number of halogens is 2. The number of nitrogens with zero attached hydrogens (tertiary/aromatic N) is 1. The Balaban J connectivity index is 2.10. The minimum absolute atomic E-state index is 0.0164. The SMILES string of the molecule is CCC(N)Cc1cc(F)c(OCc2ccccn2)c(F)c1. The molecule has 1 unspecified atom stereocenters. The van der Waals surface area contributed by atoms with Crippen LogP contribution in [-0.4, -0.2) is 11.0 Å². The highest BCUT2D eigenvalue weighted by atomic mass is 19.1. The Morgan fingerprint density at radius 1 is 1.24 bits per heavy atom. The lowest BCUT2D eigenvalue weighted by atomic mass is 10.0. The summed E-state index contributed by atoms with van der Waals surface area (Å²) >= 11 is 0. The highest BCUT2D eigenvalue weighted by Gasteiger charge is 2.14. The van der Waals surface area contributed by atoms with Crippen molar-refractivity contribution in [2.45, 2.75) is 32.4 Å². The van der Waals surface area contributed by atoms with E-state index < -0.39 is 11.6 Å². The number of benzene rings is 1. The van der Waals surface area contributed by atoms with Crippen molar-refractivity contribution in [3.05, 3.63) is 59.4 Å². The van der Waals surface area contributed by atoms with Crippen LogP contribution in [0.3, 0.4) is 0 Å². The standard InChI is InChI=1S/C16H18F2N2O/c1-2-12(19)7-11-8-14(17)16(15(18)9-11)21-10-13-5-3-4-6-20-13/h3-6,8-9,12H,2,7,10,19H2,1H3. The molecule has 3 nitrogen and oxygen atoms in total. The predicted octanol–water partition coefficient (Wildman–Crippen LogP) is 3.22. The predicted molar refractivity (Wildman–Crippen MR) is 76.9 cm³/mol. The van der Waals surface area contributed by atoms with Gasteiger partial charge in [0.1, 0.15) is 6.61 Å². The van der Waals surface area contributed by atoms with E-state index in [2.05, 4.69) is 4.98 Å². The van der Waals surface area contributed by atoms with Crippen molar-refractivity contribution in [1.82, 2.24) is 4.98 Å². The Morgan fingerprint density at radius 2 is 1.95 bits per heavy atom. The Hall–Kier alpha value is -2.01. The molecule has 0 aliphatic heterocycles. The summed E-state index contributed by atoms with van der Waals surface area (Å²) in [5.41, 5.74) is 6.93. The van der Waals surface area contributed by atoms with Crippen molar-refractivity contribution in [2.75, 3.05) is 0 Å². The molecule has 1 atom stereocenters. The van der Waals surface area contributed by atoms with Gasteiger partial charge in [-0.1, -0.05) is 13.0 Å². The van der Waals surface area contributed by atoms with E-state index in [4.69, 9.17) is 10.5 Å². The summed E-state index contributed by atoms with van der Waals surface area (Å²) in [5.74, 6) is -1.82. The smallest absolute Gasteiger partial charge is 0.191 e. The van der Waals surface area contributed by atoms with Crippen LogP contribution in [0.1, 0.15) is 24.6 Å². The van der Waals surface area contributed by atoms with Gasteiger partial charge in [-0.15, -0.1) is 0 Å². The molecule has 2 N–H and O–H groups in total. The van der Waals surface area contributed by atoms with Crippen LogP contribution >= 0.6 is 0 Å². The van der Waals surface area contributed by atoms with Gasteiger partial charge < -0.3 is 10.5 Å². The maximum absolute atomic E-state index is 13.9. The van der Waals surface area contributed by atoms with E-state index in [0.717, 1.165) is 6.42 Å². The number of rotatable bonds is 6. The number of hydrogen-bond donors (Lipinski definition) is 1. The van der Waals surface area contributed by atoms with E-state index >= 15 is 0 Å². The molecule has 0 aliphatic carbocycles. The lowest BCUT2D eigenvalue weighted by Crippen LogP contribution is -2.21. The van der Waals surface area contributed by atoms with Gasteiger partial charge in [-0.25, -0.2) is 8.78 Å². The Kier molecular flexibility index (Phi) is 5.22. The maximum Gasteiger partial charge on any atom is 0.191 e. The molecule has 0 saturated heterocycles. The average Bonchev–Trinajstić information content (AvgIpc) is 2.47. The van der Waals surface area contributed by atoms with E-state index in [1.807, 2.05) is 6.92 Å². The number of ether oxygens (including phenoxy) is 1. The lowest BCUT2D eigenvalue weighted by Gasteiger charge is -2.12. The third-order valence-electron chi connectivity index (χ3n) is 3.17. The summed E-state index contributed by atoms with van der Waals surface area (Å²) in [4.78, 5) is 4.03. The summed E-state index contributed by atoms with van der Waals surface area (Å²) in [6.45, 7) is 1.95. The molecule has 21 heavy (non-hydrogen) atoms. The van der Waals surface area contributed by atoms with Gasteiger partial charge in [0.25, 0.3) is 0 Å². The van der Waals surface area contributed by atoms with Gasteiger partial charge in [0.2, 0.25) is 0 Å². The minimum Gasteiger partial charge on any atom is -0.481 e. The molecule has 2 aromatic rings. The fourth-order valence-electron chi connectivity index (χ4n) is 1.94. The maximum atomic E-state index is 13.9. The van der Waals surface area contributed by atoms with Crippen LogP contribution in [0.15, 0.2) is 36.5 Å². The second-order valence-corrected chi connectivity index (χ2v) is 4.87. The third kappa shape index (κ3) is 4.23. The van der Waals surface area contributed by atoms with Crippen LogP contribution in [0, 0.1) is 11.6 Å². The average molecular weight is 292 g/mol. The van der Waals surface area contributed by atoms with E-state index in [0.29, 0.717) is 17.7 Å². The number of aromatic nitrogens is 1. The second kappa shape index (κ2) is 7.13. The Bertz CT molecular complexity index is 567. The first-order valence-electron chi connectivity index (χ1n) is 6.86. The van der Waals surface area contributed by atoms with Crippen molar-refractivity contribution in [1.29, 1.82) is 0 Å². The van der Waals surface area contributed by atoms with Crippen molar-refractivity contribution in [2.24, 2.45) is 5.73 Å². The topological polar surface area (TPSA) is 48.1 Å². The molecule has 2 rings (SSSR count). The van der Waals surface area contributed by atoms with Crippen LogP contribution in [0.2, 0.25) is 0 Å². The van der Waals surface area contributed by atoms with Crippen LogP contribution in [0.25, 0.3) is 0 Å². The lowest BCUT2D eigenvalue weighted by molar-refractivity contribution is 0.270. The monoisotopic (exact) mass is 292 g/mol. The molecule has 0 aliphatic rings. The second-order valence-electron chi connectivity index (χ2n) is 4.87. The van der Waals surface area contributed by atoms with E-state index in [-0.39, 0.29) is 18.4 Å². The zero-order valence-electron chi connectivity index (χ0n) is 11.9. The minimum atomic E-state index is -0.718. The first kappa shape index (κ1) is 15.4. The van der Waals surface area contributed by atoms with Gasteiger partial charge in [0.05, 0.1) is 5.69 Å². The fraction of sp³-hybridized carbons (Fsp3) is 0.312. The molecule has 0 amide bonds. The summed E-state index contributed by atoms with van der Waals surface area (Å²) in [6, 6.07) is 7.71. The number of hydrogen-bond acceptors (Lipinski definition) is 3.